The lowest BCUT2D eigenvalue weighted by Gasteiger charge is -2.29. The summed E-state index contributed by atoms with van der Waals surface area (Å²) < 4.78 is 0.0315. The number of aliphatic carboxylic acids is 1. The molecule has 0 aromatic carbocycles. The van der Waals surface area contributed by atoms with E-state index in [9.17, 15) is 9.59 Å². The molecule has 0 aliphatic heterocycles. The maximum absolute atomic E-state index is 11.5. The highest BCUT2D eigenvalue weighted by molar-refractivity contribution is 8.00. The Labute approximate surface area is 107 Å². The second-order valence-electron chi connectivity index (χ2n) is 3.98. The van der Waals surface area contributed by atoms with E-state index in [1.54, 1.807) is 11.8 Å². The van der Waals surface area contributed by atoms with Crippen LogP contribution in [0.2, 0.25) is 0 Å². The number of nitrogens with one attached hydrogen (secondary N) is 2. The molecule has 0 radical (unpaired) electrons. The third-order valence-corrected chi connectivity index (χ3v) is 4.60. The molecule has 17 heavy (non-hydrogen) atoms. The fourth-order valence-electron chi connectivity index (χ4n) is 1.41. The highest BCUT2D eigenvalue weighted by Gasteiger charge is 2.25. The third kappa shape index (κ3) is 5.30. The topological polar surface area (TPSA) is 78.4 Å². The van der Waals surface area contributed by atoms with Crippen molar-refractivity contribution in [2.24, 2.45) is 0 Å². The molecule has 0 aromatic rings. The van der Waals surface area contributed by atoms with Crippen LogP contribution in [0.3, 0.4) is 0 Å². The SMILES string of the molecule is CCC(CC)(CNC(=O)N[C@@H](C)C(=O)O)SC. The number of rotatable bonds is 7. The van der Waals surface area contributed by atoms with E-state index >= 15 is 0 Å². The quantitative estimate of drug-likeness (QED) is 0.652. The predicted octanol–water partition coefficient (Wildman–Crippen LogP) is 1.68. The van der Waals surface area contributed by atoms with Gasteiger partial charge in [-0.3, -0.25) is 4.79 Å². The first-order valence-corrected chi connectivity index (χ1v) is 6.95. The molecule has 0 saturated heterocycles. The molecule has 0 aromatic heterocycles. The number of carboxylic acid groups (broad SMARTS) is 1. The largest absolute Gasteiger partial charge is 0.480 e. The minimum Gasteiger partial charge on any atom is -0.480 e. The van der Waals surface area contributed by atoms with Crippen LogP contribution >= 0.6 is 11.8 Å². The van der Waals surface area contributed by atoms with Crippen molar-refractivity contribution in [1.29, 1.82) is 0 Å². The Morgan fingerprint density at radius 2 is 1.88 bits per heavy atom. The Hall–Kier alpha value is -0.910. The van der Waals surface area contributed by atoms with Gasteiger partial charge in [0.15, 0.2) is 0 Å². The number of carbonyl (C=O) groups is 2. The average Bonchev–Trinajstić information content (AvgIpc) is 2.31. The monoisotopic (exact) mass is 262 g/mol. The van der Waals surface area contributed by atoms with Crippen LogP contribution in [0.15, 0.2) is 0 Å². The molecule has 1 atom stereocenters. The van der Waals surface area contributed by atoms with E-state index in [0.717, 1.165) is 12.8 Å². The summed E-state index contributed by atoms with van der Waals surface area (Å²) in [5.74, 6) is -1.04. The molecule has 6 heteroatoms. The third-order valence-electron chi connectivity index (χ3n) is 3.01. The summed E-state index contributed by atoms with van der Waals surface area (Å²) in [6, 6.07) is -1.30. The zero-order valence-corrected chi connectivity index (χ0v) is 11.7. The zero-order valence-electron chi connectivity index (χ0n) is 10.9. The molecule has 100 valence electrons. The molecule has 0 unspecified atom stereocenters. The van der Waals surface area contributed by atoms with Crippen molar-refractivity contribution in [3.05, 3.63) is 0 Å². The van der Waals surface area contributed by atoms with E-state index in [4.69, 9.17) is 5.11 Å². The van der Waals surface area contributed by atoms with E-state index in [1.807, 2.05) is 6.26 Å². The van der Waals surface area contributed by atoms with Gasteiger partial charge in [0.05, 0.1) is 0 Å². The molecule has 0 aliphatic rings. The summed E-state index contributed by atoms with van der Waals surface area (Å²) >= 11 is 1.73. The molecule has 2 amide bonds. The first kappa shape index (κ1) is 16.1. The number of hydrogen-bond acceptors (Lipinski definition) is 3. The van der Waals surface area contributed by atoms with Crippen LogP contribution < -0.4 is 10.6 Å². The summed E-state index contributed by atoms with van der Waals surface area (Å²) in [7, 11) is 0. The summed E-state index contributed by atoms with van der Waals surface area (Å²) in [5.41, 5.74) is 0. The molecule has 0 rings (SSSR count). The van der Waals surface area contributed by atoms with Crippen molar-refractivity contribution in [3.8, 4) is 0 Å². The minimum absolute atomic E-state index is 0.0315. The second kappa shape index (κ2) is 7.42. The zero-order chi connectivity index (χ0) is 13.5. The standard InChI is InChI=1S/C11H22N2O3S/c1-5-11(6-2,17-4)7-12-10(16)13-8(3)9(14)15/h8H,5-7H2,1-4H3,(H,14,15)(H2,12,13,16)/t8-/m0/s1. The van der Waals surface area contributed by atoms with E-state index in [1.165, 1.54) is 6.92 Å². The van der Waals surface area contributed by atoms with E-state index in [2.05, 4.69) is 24.5 Å². The van der Waals surface area contributed by atoms with E-state index in [0.29, 0.717) is 6.54 Å². The summed E-state index contributed by atoms with van der Waals surface area (Å²) in [5, 5.41) is 13.7. The van der Waals surface area contributed by atoms with E-state index in [-0.39, 0.29) is 4.75 Å². The van der Waals surface area contributed by atoms with Crippen molar-refractivity contribution in [2.75, 3.05) is 12.8 Å². The lowest BCUT2D eigenvalue weighted by atomic mass is 10.0. The Bertz CT molecular complexity index is 259. The fourth-order valence-corrected chi connectivity index (χ4v) is 2.21. The van der Waals surface area contributed by atoms with Crippen LogP contribution in [0, 0.1) is 0 Å². The van der Waals surface area contributed by atoms with Crippen molar-refractivity contribution in [3.63, 3.8) is 0 Å². The maximum atomic E-state index is 11.5. The van der Waals surface area contributed by atoms with Crippen LogP contribution in [-0.2, 0) is 4.79 Å². The summed E-state index contributed by atoms with van der Waals surface area (Å²) in [6.45, 7) is 6.14. The molecule has 0 aliphatic carbocycles. The van der Waals surface area contributed by atoms with Gasteiger partial charge >= 0.3 is 12.0 Å². The number of carbonyl (C=O) groups excluding carboxylic acids is 1. The molecule has 0 spiro atoms. The van der Waals surface area contributed by atoms with Crippen LogP contribution in [0.5, 0.6) is 0 Å². The van der Waals surface area contributed by atoms with Crippen molar-refractivity contribution in [2.45, 2.75) is 44.4 Å². The van der Waals surface area contributed by atoms with Crippen molar-refractivity contribution >= 4 is 23.8 Å². The number of urea groups is 1. The van der Waals surface area contributed by atoms with Gasteiger partial charge in [0.25, 0.3) is 0 Å². The number of amides is 2. The number of thioether (sulfide) groups is 1. The maximum Gasteiger partial charge on any atom is 0.325 e. The van der Waals surface area contributed by atoms with Gasteiger partial charge in [-0.05, 0) is 26.0 Å². The van der Waals surface area contributed by atoms with E-state index < -0.39 is 18.0 Å². The molecular formula is C11H22N2O3S. The smallest absolute Gasteiger partial charge is 0.325 e. The Kier molecular flexibility index (Phi) is 7.03. The number of carboxylic acids is 1. The average molecular weight is 262 g/mol. The van der Waals surface area contributed by atoms with Crippen LogP contribution in [0.25, 0.3) is 0 Å². The van der Waals surface area contributed by atoms with Crippen LogP contribution in [0.4, 0.5) is 4.79 Å². The van der Waals surface area contributed by atoms with Gasteiger partial charge in [-0.1, -0.05) is 13.8 Å². The lowest BCUT2D eigenvalue weighted by molar-refractivity contribution is -0.138. The molecule has 0 bridgehead atoms. The van der Waals surface area contributed by atoms with Gasteiger partial charge in [0.1, 0.15) is 6.04 Å². The molecule has 3 N–H and O–H groups in total. The van der Waals surface area contributed by atoms with Crippen molar-refractivity contribution < 1.29 is 14.7 Å². The molecule has 0 fully saturated rings. The summed E-state index contributed by atoms with van der Waals surface area (Å²) in [6.07, 6.45) is 3.94. The van der Waals surface area contributed by atoms with Crippen LogP contribution in [0.1, 0.15) is 33.6 Å². The predicted molar refractivity (Wildman–Crippen MR) is 70.5 cm³/mol. The lowest BCUT2D eigenvalue weighted by Crippen LogP contribution is -2.48. The van der Waals surface area contributed by atoms with Gasteiger partial charge in [-0.2, -0.15) is 11.8 Å². The Morgan fingerprint density at radius 3 is 2.24 bits per heavy atom. The Balaban J connectivity index is 4.18. The van der Waals surface area contributed by atoms with Crippen molar-refractivity contribution in [1.82, 2.24) is 10.6 Å². The van der Waals surface area contributed by atoms with Crippen LogP contribution in [-0.4, -0.2) is 40.7 Å². The normalized spacial score (nSPS) is 12.9. The van der Waals surface area contributed by atoms with Gasteiger partial charge in [-0.15, -0.1) is 0 Å². The highest BCUT2D eigenvalue weighted by atomic mass is 32.2. The minimum atomic E-state index is -1.04. The molecule has 5 nitrogen and oxygen atoms in total. The first-order valence-electron chi connectivity index (χ1n) is 5.73. The number of hydrogen-bond donors (Lipinski definition) is 3. The van der Waals surface area contributed by atoms with Gasteiger partial charge in [0.2, 0.25) is 0 Å². The molecular weight excluding hydrogens is 240 g/mol. The fraction of sp³-hybridized carbons (Fsp3) is 0.818. The highest BCUT2D eigenvalue weighted by Crippen LogP contribution is 2.29. The molecule has 0 saturated carbocycles. The van der Waals surface area contributed by atoms with Gasteiger partial charge in [0, 0.05) is 11.3 Å². The molecule has 0 heterocycles. The van der Waals surface area contributed by atoms with Gasteiger partial charge in [-0.25, -0.2) is 4.79 Å². The van der Waals surface area contributed by atoms with Gasteiger partial charge < -0.3 is 15.7 Å². The first-order chi connectivity index (χ1) is 7.90. The second-order valence-corrected chi connectivity index (χ2v) is 5.26. The Morgan fingerprint density at radius 1 is 1.35 bits per heavy atom. The summed E-state index contributed by atoms with van der Waals surface area (Å²) in [4.78, 5) is 22.0.